The maximum Gasteiger partial charge on any atom is -0.0292 e. The van der Waals surface area contributed by atoms with E-state index in [0.717, 1.165) is 34.5 Å². The van der Waals surface area contributed by atoms with Gasteiger partial charge in [0.15, 0.2) is 0 Å². The molecule has 0 aromatic heterocycles. The molecule has 4 fully saturated rings. The van der Waals surface area contributed by atoms with E-state index in [9.17, 15) is 0 Å². The van der Waals surface area contributed by atoms with Crippen LogP contribution in [0.25, 0.3) is 0 Å². The SMILES string of the molecule is CCC(C)CCCC1CCCC2(CCCCCC(CCCC3CCCC4(CCCCCC4)C3)C2)C1. The minimum Gasteiger partial charge on any atom is -0.0651 e. The predicted octanol–water partition coefficient (Wildman–Crippen LogP) is 12.1. The molecule has 4 aliphatic rings. The van der Waals surface area contributed by atoms with Gasteiger partial charge in [0.1, 0.15) is 0 Å². The molecule has 35 heavy (non-hydrogen) atoms. The summed E-state index contributed by atoms with van der Waals surface area (Å²) in [5.74, 6) is 4.14. The summed E-state index contributed by atoms with van der Waals surface area (Å²) in [4.78, 5) is 0. The summed E-state index contributed by atoms with van der Waals surface area (Å²) in [6, 6.07) is 0. The van der Waals surface area contributed by atoms with Crippen LogP contribution < -0.4 is 0 Å². The Labute approximate surface area is 221 Å². The summed E-state index contributed by atoms with van der Waals surface area (Å²) in [5, 5.41) is 0. The van der Waals surface area contributed by atoms with Crippen molar-refractivity contribution in [3.05, 3.63) is 0 Å². The Morgan fingerprint density at radius 3 is 1.63 bits per heavy atom. The third kappa shape index (κ3) is 8.77. The first-order valence-electron chi connectivity index (χ1n) is 17.1. The molecule has 0 heteroatoms. The second kappa shape index (κ2) is 14.2. The lowest BCUT2D eigenvalue weighted by Crippen LogP contribution is -2.32. The molecule has 4 aliphatic carbocycles. The molecule has 5 atom stereocenters. The highest BCUT2D eigenvalue weighted by molar-refractivity contribution is 4.91. The third-order valence-corrected chi connectivity index (χ3v) is 12.0. The van der Waals surface area contributed by atoms with E-state index in [-0.39, 0.29) is 0 Å². The molecule has 0 bridgehead atoms. The average Bonchev–Trinajstić information content (AvgIpc) is 3.07. The van der Waals surface area contributed by atoms with Crippen molar-refractivity contribution in [3.8, 4) is 0 Å². The van der Waals surface area contributed by atoms with Gasteiger partial charge in [-0.1, -0.05) is 136 Å². The second-order valence-electron chi connectivity index (χ2n) is 14.9. The Balaban J connectivity index is 1.24. The van der Waals surface area contributed by atoms with Crippen LogP contribution in [0.15, 0.2) is 0 Å². The second-order valence-corrected chi connectivity index (χ2v) is 14.9. The quantitative estimate of drug-likeness (QED) is 0.305. The fraction of sp³-hybridized carbons (Fsp3) is 1.00. The molecule has 0 heterocycles. The van der Waals surface area contributed by atoms with Gasteiger partial charge in [0.25, 0.3) is 0 Å². The molecule has 0 aromatic rings. The van der Waals surface area contributed by atoms with Crippen molar-refractivity contribution in [2.45, 2.75) is 187 Å². The maximum atomic E-state index is 2.46. The van der Waals surface area contributed by atoms with E-state index in [1.54, 1.807) is 109 Å². The lowest BCUT2D eigenvalue weighted by atomic mass is 9.61. The minimum absolute atomic E-state index is 0.750. The minimum atomic E-state index is 0.750. The van der Waals surface area contributed by atoms with Gasteiger partial charge >= 0.3 is 0 Å². The Morgan fingerprint density at radius 1 is 0.543 bits per heavy atom. The van der Waals surface area contributed by atoms with Gasteiger partial charge < -0.3 is 0 Å². The summed E-state index contributed by atoms with van der Waals surface area (Å²) in [5.41, 5.74) is 1.54. The monoisotopic (exact) mass is 485 g/mol. The van der Waals surface area contributed by atoms with Gasteiger partial charge in [-0.2, -0.15) is 0 Å². The highest BCUT2D eigenvalue weighted by Gasteiger charge is 2.39. The molecule has 0 radical (unpaired) electrons. The largest absolute Gasteiger partial charge is 0.0651 e. The molecule has 2 spiro atoms. The summed E-state index contributed by atoms with van der Waals surface area (Å²) < 4.78 is 0. The van der Waals surface area contributed by atoms with Crippen LogP contribution in [0.2, 0.25) is 0 Å². The average molecular weight is 485 g/mol. The standard InChI is InChI=1S/C35H64/c1-3-30(2)15-11-17-33-21-14-26-35(29-33)24-10-6-7-16-31(28-35)18-12-19-32-20-13-25-34(27-32)22-8-4-5-9-23-34/h30-33H,3-29H2,1-2H3. The van der Waals surface area contributed by atoms with Gasteiger partial charge in [0, 0.05) is 0 Å². The van der Waals surface area contributed by atoms with Crippen molar-refractivity contribution in [2.75, 3.05) is 0 Å². The zero-order valence-corrected chi connectivity index (χ0v) is 24.4. The van der Waals surface area contributed by atoms with Crippen LogP contribution in [0.5, 0.6) is 0 Å². The van der Waals surface area contributed by atoms with Crippen molar-refractivity contribution >= 4 is 0 Å². The van der Waals surface area contributed by atoms with Crippen LogP contribution in [-0.2, 0) is 0 Å². The molecule has 0 aliphatic heterocycles. The van der Waals surface area contributed by atoms with E-state index in [1.165, 1.54) is 64.2 Å². The summed E-state index contributed by atoms with van der Waals surface area (Å²) >= 11 is 0. The molecule has 4 saturated carbocycles. The van der Waals surface area contributed by atoms with Crippen LogP contribution in [0, 0.1) is 34.5 Å². The molecular formula is C35H64. The molecule has 204 valence electrons. The van der Waals surface area contributed by atoms with Crippen LogP contribution in [0.1, 0.15) is 187 Å². The topological polar surface area (TPSA) is 0 Å². The molecule has 5 unspecified atom stereocenters. The van der Waals surface area contributed by atoms with Crippen molar-refractivity contribution in [1.29, 1.82) is 0 Å². The number of rotatable bonds is 9. The zero-order chi connectivity index (χ0) is 24.4. The van der Waals surface area contributed by atoms with Gasteiger partial charge in [-0.15, -0.1) is 0 Å². The fourth-order valence-electron chi connectivity index (χ4n) is 9.83. The van der Waals surface area contributed by atoms with Gasteiger partial charge in [-0.05, 0) is 85.9 Å². The first kappa shape index (κ1) is 28.0. The Morgan fingerprint density at radius 2 is 1.00 bits per heavy atom. The lowest BCUT2D eigenvalue weighted by Gasteiger charge is -2.45. The van der Waals surface area contributed by atoms with Gasteiger partial charge in [0.2, 0.25) is 0 Å². The lowest BCUT2D eigenvalue weighted by molar-refractivity contribution is 0.0685. The number of hydrogen-bond acceptors (Lipinski definition) is 0. The summed E-state index contributed by atoms with van der Waals surface area (Å²) in [6.45, 7) is 4.84. The van der Waals surface area contributed by atoms with E-state index in [4.69, 9.17) is 0 Å². The van der Waals surface area contributed by atoms with Crippen LogP contribution in [0.4, 0.5) is 0 Å². The van der Waals surface area contributed by atoms with E-state index >= 15 is 0 Å². The first-order valence-corrected chi connectivity index (χ1v) is 17.1. The van der Waals surface area contributed by atoms with Crippen molar-refractivity contribution in [1.82, 2.24) is 0 Å². The molecule has 0 aromatic carbocycles. The molecule has 0 N–H and O–H groups in total. The molecule has 0 nitrogen and oxygen atoms in total. The maximum absolute atomic E-state index is 2.46. The van der Waals surface area contributed by atoms with Crippen molar-refractivity contribution in [3.63, 3.8) is 0 Å². The van der Waals surface area contributed by atoms with E-state index in [2.05, 4.69) is 13.8 Å². The van der Waals surface area contributed by atoms with E-state index in [1.807, 2.05) is 0 Å². The van der Waals surface area contributed by atoms with E-state index < -0.39 is 0 Å². The summed E-state index contributed by atoms with van der Waals surface area (Å²) in [7, 11) is 0. The smallest absolute Gasteiger partial charge is 0.0292 e. The van der Waals surface area contributed by atoms with E-state index in [0.29, 0.717) is 0 Å². The van der Waals surface area contributed by atoms with Crippen LogP contribution in [0.3, 0.4) is 0 Å². The Bertz CT molecular complexity index is 569. The van der Waals surface area contributed by atoms with Gasteiger partial charge in [-0.3, -0.25) is 0 Å². The normalized spacial score (nSPS) is 35.3. The molecular weight excluding hydrogens is 420 g/mol. The van der Waals surface area contributed by atoms with Gasteiger partial charge in [0.05, 0.1) is 0 Å². The predicted molar refractivity (Wildman–Crippen MR) is 155 cm³/mol. The first-order chi connectivity index (χ1) is 17.1. The highest BCUT2D eigenvalue weighted by atomic mass is 14.4. The zero-order valence-electron chi connectivity index (χ0n) is 24.4. The molecule has 0 amide bonds. The highest BCUT2D eigenvalue weighted by Crippen LogP contribution is 2.52. The summed E-state index contributed by atoms with van der Waals surface area (Å²) in [6.07, 6.45) is 41.8. The Kier molecular flexibility index (Phi) is 11.4. The van der Waals surface area contributed by atoms with Crippen molar-refractivity contribution < 1.29 is 0 Å². The molecule has 4 rings (SSSR count). The fourth-order valence-corrected chi connectivity index (χ4v) is 9.83. The third-order valence-electron chi connectivity index (χ3n) is 12.0. The number of hydrogen-bond donors (Lipinski definition) is 0. The Hall–Kier alpha value is 0. The van der Waals surface area contributed by atoms with Crippen molar-refractivity contribution in [2.24, 2.45) is 34.5 Å². The molecule has 0 saturated heterocycles. The van der Waals surface area contributed by atoms with Crippen LogP contribution in [-0.4, -0.2) is 0 Å². The van der Waals surface area contributed by atoms with Crippen LogP contribution >= 0.6 is 0 Å². The van der Waals surface area contributed by atoms with Gasteiger partial charge in [-0.25, -0.2) is 0 Å².